The van der Waals surface area contributed by atoms with Crippen molar-refractivity contribution in [1.29, 1.82) is 0 Å². The van der Waals surface area contributed by atoms with Gasteiger partial charge in [-0.05, 0) is 30.9 Å². The minimum Gasteiger partial charge on any atom is -0.494 e. The van der Waals surface area contributed by atoms with Crippen molar-refractivity contribution in [2.45, 2.75) is 12.8 Å². The lowest BCUT2D eigenvalue weighted by molar-refractivity contribution is 0.0678. The number of carbonyl (C=O) groups excluding carboxylic acids is 1. The molecule has 0 spiro atoms. The summed E-state index contributed by atoms with van der Waals surface area (Å²) in [7, 11) is 3.27. The molecule has 0 saturated heterocycles. The van der Waals surface area contributed by atoms with Crippen LogP contribution in [-0.2, 0) is 4.74 Å². The van der Waals surface area contributed by atoms with Gasteiger partial charge >= 0.3 is 0 Å². The molecule has 1 amide bonds. The molecule has 2 N–H and O–H groups in total. The summed E-state index contributed by atoms with van der Waals surface area (Å²) >= 11 is 0. The lowest BCUT2D eigenvalue weighted by Gasteiger charge is -2.19. The average molecular weight is 278 g/mol. The number of rotatable bonds is 7. The van der Waals surface area contributed by atoms with Gasteiger partial charge in [-0.2, -0.15) is 0 Å². The van der Waals surface area contributed by atoms with Gasteiger partial charge in [0.25, 0.3) is 5.91 Å². The first kappa shape index (κ1) is 14.7. The molecule has 0 radical (unpaired) electrons. The maximum Gasteiger partial charge on any atom is 0.257 e. The fraction of sp³-hybridized carbons (Fsp3) is 0.533. The van der Waals surface area contributed by atoms with Gasteiger partial charge in [0.15, 0.2) is 5.75 Å². The molecule has 1 saturated carbocycles. The summed E-state index contributed by atoms with van der Waals surface area (Å²) < 4.78 is 10.8. The van der Waals surface area contributed by atoms with Gasteiger partial charge in [-0.15, -0.1) is 0 Å². The van der Waals surface area contributed by atoms with Crippen molar-refractivity contribution < 1.29 is 14.3 Å². The van der Waals surface area contributed by atoms with E-state index in [1.165, 1.54) is 20.0 Å². The Hall–Kier alpha value is -1.75. The van der Waals surface area contributed by atoms with Gasteiger partial charge in [0.05, 0.1) is 25.0 Å². The van der Waals surface area contributed by atoms with Crippen LogP contribution in [0, 0.1) is 5.92 Å². The molecule has 1 aliphatic carbocycles. The third kappa shape index (κ3) is 3.63. The number of ether oxygens (including phenoxy) is 2. The Morgan fingerprint density at radius 3 is 2.85 bits per heavy atom. The summed E-state index contributed by atoms with van der Waals surface area (Å²) in [6.07, 6.45) is 2.55. The molecule has 1 aromatic carbocycles. The molecular formula is C15H22N2O3. The van der Waals surface area contributed by atoms with Crippen LogP contribution >= 0.6 is 0 Å². The highest BCUT2D eigenvalue weighted by Gasteiger charge is 2.21. The first-order valence-corrected chi connectivity index (χ1v) is 6.89. The van der Waals surface area contributed by atoms with Crippen molar-refractivity contribution in [2.75, 3.05) is 39.6 Å². The smallest absolute Gasteiger partial charge is 0.257 e. The second-order valence-corrected chi connectivity index (χ2v) is 5.17. The summed E-state index contributed by atoms with van der Waals surface area (Å²) in [5.41, 5.74) is 6.76. The number of nitrogens with zero attached hydrogens (tertiary/aromatic N) is 1. The van der Waals surface area contributed by atoms with E-state index in [0.717, 1.165) is 12.5 Å². The third-order valence-electron chi connectivity index (χ3n) is 3.45. The highest BCUT2D eigenvalue weighted by Crippen LogP contribution is 2.29. The second kappa shape index (κ2) is 6.61. The number of para-hydroxylation sites is 1. The molecule has 0 atom stereocenters. The average Bonchev–Trinajstić information content (AvgIpc) is 3.26. The number of amides is 1. The van der Waals surface area contributed by atoms with Crippen LogP contribution < -0.4 is 10.5 Å². The predicted molar refractivity (Wildman–Crippen MR) is 77.9 cm³/mol. The van der Waals surface area contributed by atoms with E-state index < -0.39 is 0 Å². The summed E-state index contributed by atoms with van der Waals surface area (Å²) in [6.45, 7) is 1.93. The Balaban J connectivity index is 1.90. The van der Waals surface area contributed by atoms with Gasteiger partial charge in [-0.1, -0.05) is 6.07 Å². The first-order chi connectivity index (χ1) is 9.63. The highest BCUT2D eigenvalue weighted by atomic mass is 16.5. The summed E-state index contributed by atoms with van der Waals surface area (Å²) in [5.74, 6) is 1.07. The number of benzene rings is 1. The van der Waals surface area contributed by atoms with E-state index in [2.05, 4.69) is 0 Å². The molecule has 0 unspecified atom stereocenters. The fourth-order valence-electron chi connectivity index (χ4n) is 1.99. The number of likely N-dealkylation sites (N-methyl/N-ethyl adjacent to an activating group) is 1. The van der Waals surface area contributed by atoms with Crippen LogP contribution in [0.3, 0.4) is 0 Å². The zero-order chi connectivity index (χ0) is 14.5. The Labute approximate surface area is 119 Å². The quantitative estimate of drug-likeness (QED) is 0.610. The highest BCUT2D eigenvalue weighted by molar-refractivity contribution is 5.98. The van der Waals surface area contributed by atoms with Crippen molar-refractivity contribution in [3.63, 3.8) is 0 Å². The van der Waals surface area contributed by atoms with Gasteiger partial charge in [0, 0.05) is 20.2 Å². The van der Waals surface area contributed by atoms with Crippen molar-refractivity contribution in [1.82, 2.24) is 4.90 Å². The molecule has 110 valence electrons. The number of hydrogen-bond acceptors (Lipinski definition) is 4. The number of nitrogens with two attached hydrogens (primary N) is 1. The van der Waals surface area contributed by atoms with Crippen LogP contribution in [0.4, 0.5) is 5.69 Å². The maximum atomic E-state index is 12.4. The van der Waals surface area contributed by atoms with E-state index in [-0.39, 0.29) is 5.91 Å². The molecular weight excluding hydrogens is 256 g/mol. The Kier molecular flexibility index (Phi) is 4.84. The normalized spacial score (nSPS) is 14.1. The molecule has 20 heavy (non-hydrogen) atoms. The molecule has 2 rings (SSSR count). The summed E-state index contributed by atoms with van der Waals surface area (Å²) in [6, 6.07) is 5.19. The number of nitrogen functional groups attached to an aromatic ring is 1. The number of anilines is 1. The van der Waals surface area contributed by atoms with Gasteiger partial charge in [0.1, 0.15) is 0 Å². The van der Waals surface area contributed by atoms with Crippen LogP contribution in [0.5, 0.6) is 5.75 Å². The zero-order valence-corrected chi connectivity index (χ0v) is 12.1. The van der Waals surface area contributed by atoms with Crippen LogP contribution in [0.2, 0.25) is 0 Å². The summed E-state index contributed by atoms with van der Waals surface area (Å²) in [5, 5.41) is 0. The summed E-state index contributed by atoms with van der Waals surface area (Å²) in [4.78, 5) is 14.0. The largest absolute Gasteiger partial charge is 0.494 e. The lowest BCUT2D eigenvalue weighted by Crippen LogP contribution is -2.30. The van der Waals surface area contributed by atoms with Gasteiger partial charge in [-0.25, -0.2) is 0 Å². The van der Waals surface area contributed by atoms with E-state index >= 15 is 0 Å². The van der Waals surface area contributed by atoms with Crippen molar-refractivity contribution >= 4 is 11.6 Å². The maximum absolute atomic E-state index is 12.4. The molecule has 0 aromatic heterocycles. The monoisotopic (exact) mass is 278 g/mol. The van der Waals surface area contributed by atoms with Gasteiger partial charge < -0.3 is 20.1 Å². The third-order valence-corrected chi connectivity index (χ3v) is 3.45. The van der Waals surface area contributed by atoms with Crippen LogP contribution in [0.1, 0.15) is 23.2 Å². The fourth-order valence-corrected chi connectivity index (χ4v) is 1.99. The molecule has 0 bridgehead atoms. The zero-order valence-electron chi connectivity index (χ0n) is 12.1. The van der Waals surface area contributed by atoms with Crippen LogP contribution in [0.15, 0.2) is 18.2 Å². The second-order valence-electron chi connectivity index (χ2n) is 5.17. The molecule has 1 fully saturated rings. The number of hydrogen-bond donors (Lipinski definition) is 1. The molecule has 0 heterocycles. The molecule has 1 aromatic rings. The van der Waals surface area contributed by atoms with E-state index in [9.17, 15) is 4.79 Å². The van der Waals surface area contributed by atoms with Gasteiger partial charge in [0.2, 0.25) is 0 Å². The van der Waals surface area contributed by atoms with E-state index in [1.807, 2.05) is 0 Å². The standard InChI is InChI=1S/C15H22N2O3/c1-17(8-9-20-10-11-6-7-11)15(18)12-4-3-5-13(16)14(12)19-2/h3-5,11H,6-10,16H2,1-2H3. The van der Waals surface area contributed by atoms with Crippen molar-refractivity contribution in [3.05, 3.63) is 23.8 Å². The Bertz CT molecular complexity index is 472. The number of methoxy groups -OCH3 is 1. The molecule has 0 aliphatic heterocycles. The van der Waals surface area contributed by atoms with Crippen molar-refractivity contribution in [2.24, 2.45) is 5.92 Å². The van der Waals surface area contributed by atoms with Crippen molar-refractivity contribution in [3.8, 4) is 5.75 Å². The minimum atomic E-state index is -0.107. The van der Waals surface area contributed by atoms with E-state index in [0.29, 0.717) is 30.2 Å². The SMILES string of the molecule is COc1c(N)cccc1C(=O)N(C)CCOCC1CC1. The van der Waals surface area contributed by atoms with Crippen LogP contribution in [-0.4, -0.2) is 44.7 Å². The number of carbonyl (C=O) groups is 1. The van der Waals surface area contributed by atoms with E-state index in [1.54, 1.807) is 30.1 Å². The molecule has 1 aliphatic rings. The molecule has 5 nitrogen and oxygen atoms in total. The lowest BCUT2D eigenvalue weighted by atomic mass is 10.1. The minimum absolute atomic E-state index is 0.107. The topological polar surface area (TPSA) is 64.8 Å². The first-order valence-electron chi connectivity index (χ1n) is 6.89. The van der Waals surface area contributed by atoms with E-state index in [4.69, 9.17) is 15.2 Å². The van der Waals surface area contributed by atoms with Gasteiger partial charge in [-0.3, -0.25) is 4.79 Å². The Morgan fingerprint density at radius 1 is 1.45 bits per heavy atom. The molecule has 5 heteroatoms. The van der Waals surface area contributed by atoms with Crippen LogP contribution in [0.25, 0.3) is 0 Å². The predicted octanol–water partition coefficient (Wildman–Crippen LogP) is 1.78. The Morgan fingerprint density at radius 2 is 2.20 bits per heavy atom.